The van der Waals surface area contributed by atoms with Crippen molar-refractivity contribution in [1.29, 1.82) is 0 Å². The highest BCUT2D eigenvalue weighted by molar-refractivity contribution is 7.99. The first kappa shape index (κ1) is 21.4. The van der Waals surface area contributed by atoms with Crippen LogP contribution in [0.4, 0.5) is 10.1 Å². The van der Waals surface area contributed by atoms with E-state index in [0.29, 0.717) is 36.3 Å². The summed E-state index contributed by atoms with van der Waals surface area (Å²) in [6.07, 6.45) is 1.62. The molecule has 164 valence electrons. The summed E-state index contributed by atoms with van der Waals surface area (Å²) in [5.74, 6) is 1.91. The summed E-state index contributed by atoms with van der Waals surface area (Å²) in [5.41, 5.74) is 0.982. The van der Waals surface area contributed by atoms with Crippen molar-refractivity contribution in [3.05, 3.63) is 48.5 Å². The van der Waals surface area contributed by atoms with Crippen LogP contribution in [-0.4, -0.2) is 57.5 Å². The van der Waals surface area contributed by atoms with E-state index < -0.39 is 0 Å². The molecular formula is C22H26FN5O2S. The number of hydrogen-bond donors (Lipinski definition) is 0. The molecule has 0 spiro atoms. The fraction of sp³-hybridized carbons (Fsp3) is 0.409. The van der Waals surface area contributed by atoms with Crippen molar-refractivity contribution in [2.24, 2.45) is 5.92 Å². The van der Waals surface area contributed by atoms with E-state index in [2.05, 4.69) is 28.9 Å². The lowest BCUT2D eigenvalue weighted by molar-refractivity contribution is -0.128. The van der Waals surface area contributed by atoms with Gasteiger partial charge in [-0.2, -0.15) is 0 Å². The zero-order valence-electron chi connectivity index (χ0n) is 17.7. The Hall–Kier alpha value is -2.81. The molecule has 3 aromatic rings. The average Bonchev–Trinajstić information content (AvgIpc) is 3.42. The molecule has 1 aromatic carbocycles. The molecule has 1 aliphatic heterocycles. The third-order valence-electron chi connectivity index (χ3n) is 5.16. The lowest BCUT2D eigenvalue weighted by Gasteiger charge is -2.36. The third kappa shape index (κ3) is 5.10. The summed E-state index contributed by atoms with van der Waals surface area (Å²) < 4.78 is 20.7. The fourth-order valence-corrected chi connectivity index (χ4v) is 4.45. The van der Waals surface area contributed by atoms with Gasteiger partial charge < -0.3 is 14.2 Å². The molecule has 4 rings (SSSR count). The Balaban J connectivity index is 1.35. The summed E-state index contributed by atoms with van der Waals surface area (Å²) in [7, 11) is 0. The molecule has 0 radical (unpaired) electrons. The van der Waals surface area contributed by atoms with E-state index >= 15 is 0 Å². The minimum absolute atomic E-state index is 0.0856. The van der Waals surface area contributed by atoms with Gasteiger partial charge in [-0.1, -0.05) is 25.6 Å². The van der Waals surface area contributed by atoms with Crippen molar-refractivity contribution in [2.45, 2.75) is 25.5 Å². The quantitative estimate of drug-likeness (QED) is 0.518. The van der Waals surface area contributed by atoms with Crippen LogP contribution in [0.25, 0.3) is 11.6 Å². The molecule has 2 aromatic heterocycles. The molecule has 1 amide bonds. The van der Waals surface area contributed by atoms with Crippen molar-refractivity contribution >= 4 is 23.4 Å². The first-order chi connectivity index (χ1) is 15.0. The van der Waals surface area contributed by atoms with Gasteiger partial charge >= 0.3 is 0 Å². The molecular weight excluding hydrogens is 417 g/mol. The predicted octanol–water partition coefficient (Wildman–Crippen LogP) is 3.77. The molecule has 0 atom stereocenters. The molecule has 9 heteroatoms. The molecule has 0 unspecified atom stereocenters. The number of benzene rings is 1. The van der Waals surface area contributed by atoms with Gasteiger partial charge in [0.25, 0.3) is 0 Å². The number of carbonyl (C=O) groups is 1. The summed E-state index contributed by atoms with van der Waals surface area (Å²) in [6, 6.07) is 10.2. The van der Waals surface area contributed by atoms with Gasteiger partial charge in [-0.3, -0.25) is 9.36 Å². The van der Waals surface area contributed by atoms with Crippen LogP contribution in [0.1, 0.15) is 13.8 Å². The number of hydrogen-bond acceptors (Lipinski definition) is 6. The number of halogens is 1. The Labute approximate surface area is 185 Å². The van der Waals surface area contributed by atoms with Gasteiger partial charge in [0.05, 0.1) is 12.0 Å². The van der Waals surface area contributed by atoms with E-state index in [1.807, 2.05) is 21.6 Å². The van der Waals surface area contributed by atoms with Crippen LogP contribution in [0.15, 0.2) is 52.2 Å². The number of nitrogens with zero attached hydrogens (tertiary/aromatic N) is 5. The maximum absolute atomic E-state index is 13.1. The Bertz CT molecular complexity index is 996. The highest BCUT2D eigenvalue weighted by Crippen LogP contribution is 2.26. The van der Waals surface area contributed by atoms with Gasteiger partial charge in [0.15, 0.2) is 16.7 Å². The van der Waals surface area contributed by atoms with Gasteiger partial charge in [-0.25, -0.2) is 4.39 Å². The molecule has 0 saturated carbocycles. The van der Waals surface area contributed by atoms with E-state index in [9.17, 15) is 9.18 Å². The number of thioether (sulfide) groups is 1. The lowest BCUT2D eigenvalue weighted by Crippen LogP contribution is -2.49. The predicted molar refractivity (Wildman–Crippen MR) is 118 cm³/mol. The molecule has 3 heterocycles. The minimum atomic E-state index is -0.241. The van der Waals surface area contributed by atoms with E-state index in [1.54, 1.807) is 18.4 Å². The van der Waals surface area contributed by atoms with E-state index in [0.717, 1.165) is 30.5 Å². The smallest absolute Gasteiger partial charge is 0.233 e. The summed E-state index contributed by atoms with van der Waals surface area (Å²) in [6.45, 7) is 7.76. The van der Waals surface area contributed by atoms with Crippen LogP contribution in [-0.2, 0) is 11.3 Å². The van der Waals surface area contributed by atoms with E-state index in [1.165, 1.54) is 23.9 Å². The van der Waals surface area contributed by atoms with Crippen LogP contribution in [0.3, 0.4) is 0 Å². The number of furan rings is 1. The van der Waals surface area contributed by atoms with Crippen LogP contribution in [0.5, 0.6) is 0 Å². The van der Waals surface area contributed by atoms with Gasteiger partial charge in [-0.15, -0.1) is 10.2 Å². The number of rotatable bonds is 7. The molecule has 0 aliphatic carbocycles. The first-order valence-electron chi connectivity index (χ1n) is 10.4. The molecule has 7 nitrogen and oxygen atoms in total. The Morgan fingerprint density at radius 1 is 1.13 bits per heavy atom. The zero-order valence-corrected chi connectivity index (χ0v) is 18.5. The Morgan fingerprint density at radius 3 is 2.52 bits per heavy atom. The topological polar surface area (TPSA) is 67.4 Å². The van der Waals surface area contributed by atoms with Crippen molar-refractivity contribution in [3.63, 3.8) is 0 Å². The minimum Gasteiger partial charge on any atom is -0.461 e. The lowest BCUT2D eigenvalue weighted by atomic mass is 10.2. The number of anilines is 1. The number of carbonyl (C=O) groups excluding carboxylic acids is 1. The fourth-order valence-electron chi connectivity index (χ4n) is 3.60. The monoisotopic (exact) mass is 443 g/mol. The second-order valence-electron chi connectivity index (χ2n) is 7.92. The average molecular weight is 444 g/mol. The summed E-state index contributed by atoms with van der Waals surface area (Å²) in [4.78, 5) is 16.8. The molecule has 0 bridgehead atoms. The Kier molecular flexibility index (Phi) is 6.60. The highest BCUT2D eigenvalue weighted by atomic mass is 32.2. The number of aromatic nitrogens is 3. The summed E-state index contributed by atoms with van der Waals surface area (Å²) >= 11 is 1.41. The van der Waals surface area contributed by atoms with Crippen molar-refractivity contribution in [1.82, 2.24) is 19.7 Å². The van der Waals surface area contributed by atoms with Crippen molar-refractivity contribution in [2.75, 3.05) is 36.8 Å². The zero-order chi connectivity index (χ0) is 21.8. The first-order valence-corrected chi connectivity index (χ1v) is 11.4. The molecule has 1 saturated heterocycles. The van der Waals surface area contributed by atoms with Crippen LogP contribution < -0.4 is 4.90 Å². The van der Waals surface area contributed by atoms with Crippen LogP contribution >= 0.6 is 11.8 Å². The largest absolute Gasteiger partial charge is 0.461 e. The second-order valence-corrected chi connectivity index (χ2v) is 8.86. The van der Waals surface area contributed by atoms with Gasteiger partial charge in [0, 0.05) is 38.4 Å². The van der Waals surface area contributed by atoms with Gasteiger partial charge in [-0.05, 0) is 42.3 Å². The van der Waals surface area contributed by atoms with Gasteiger partial charge in [0.2, 0.25) is 5.91 Å². The van der Waals surface area contributed by atoms with E-state index in [4.69, 9.17) is 4.42 Å². The maximum Gasteiger partial charge on any atom is 0.233 e. The Morgan fingerprint density at radius 2 is 1.87 bits per heavy atom. The molecule has 31 heavy (non-hydrogen) atoms. The molecule has 0 N–H and O–H groups in total. The molecule has 1 fully saturated rings. The van der Waals surface area contributed by atoms with Crippen molar-refractivity contribution in [3.8, 4) is 11.6 Å². The van der Waals surface area contributed by atoms with Gasteiger partial charge in [0.1, 0.15) is 5.82 Å². The number of piperazine rings is 1. The highest BCUT2D eigenvalue weighted by Gasteiger charge is 2.23. The number of amides is 1. The van der Waals surface area contributed by atoms with Crippen LogP contribution in [0, 0.1) is 11.7 Å². The third-order valence-corrected chi connectivity index (χ3v) is 6.11. The standard InChI is InChI=1S/C22H26FN5O2S/c1-16(2)14-28-21(19-4-3-13-30-19)24-25-22(28)31-15-20(29)27-11-9-26(10-12-27)18-7-5-17(23)6-8-18/h3-8,13,16H,9-12,14-15H2,1-2H3. The normalized spacial score (nSPS) is 14.5. The van der Waals surface area contributed by atoms with Crippen molar-refractivity contribution < 1.29 is 13.6 Å². The van der Waals surface area contributed by atoms with E-state index in [-0.39, 0.29) is 11.7 Å². The van der Waals surface area contributed by atoms with Crippen LogP contribution in [0.2, 0.25) is 0 Å². The second kappa shape index (κ2) is 9.55. The maximum atomic E-state index is 13.1. The molecule has 1 aliphatic rings. The summed E-state index contributed by atoms with van der Waals surface area (Å²) in [5, 5.41) is 9.32. The SMILES string of the molecule is CC(C)Cn1c(SCC(=O)N2CCN(c3ccc(F)cc3)CC2)nnc1-c1ccco1.